The number of likely N-dealkylation sites (tertiary alicyclic amines) is 1. The summed E-state index contributed by atoms with van der Waals surface area (Å²) in [5, 5.41) is 0. The average molecular weight is 322 g/mol. The summed E-state index contributed by atoms with van der Waals surface area (Å²) in [6, 6.07) is 0. The molecule has 2 nitrogen and oxygen atoms in total. The number of fused-ring (bicyclic) bond motifs is 2. The summed E-state index contributed by atoms with van der Waals surface area (Å²) >= 11 is 0. The van der Waals surface area contributed by atoms with Crippen LogP contribution < -0.4 is 0 Å². The van der Waals surface area contributed by atoms with Crippen LogP contribution in [0.1, 0.15) is 53.9 Å². The van der Waals surface area contributed by atoms with Crippen molar-refractivity contribution < 1.29 is 4.48 Å². The number of hydrogen-bond acceptors (Lipinski definition) is 1. The van der Waals surface area contributed by atoms with E-state index in [2.05, 4.69) is 53.6 Å². The van der Waals surface area contributed by atoms with Gasteiger partial charge in [0.05, 0.1) is 25.7 Å². The zero-order valence-electron chi connectivity index (χ0n) is 16.8. The Morgan fingerprint density at radius 2 is 1.43 bits per heavy atom. The van der Waals surface area contributed by atoms with Crippen LogP contribution >= 0.6 is 0 Å². The molecule has 23 heavy (non-hydrogen) atoms. The normalized spacial score (nSPS) is 46.4. The van der Waals surface area contributed by atoms with E-state index in [9.17, 15) is 0 Å². The highest BCUT2D eigenvalue weighted by Gasteiger charge is 2.61. The molecule has 0 amide bonds. The van der Waals surface area contributed by atoms with Crippen molar-refractivity contribution in [1.82, 2.24) is 4.90 Å². The Balaban J connectivity index is 1.86. The molecule has 7 unspecified atom stereocenters. The highest BCUT2D eigenvalue weighted by molar-refractivity contribution is 5.03. The Hall–Kier alpha value is -0.0800. The molecule has 7 atom stereocenters. The molecular formula is C21H41N2+. The molecule has 1 aliphatic heterocycles. The number of quaternary nitrogens is 1. The topological polar surface area (TPSA) is 3.24 Å². The second-order valence-corrected chi connectivity index (χ2v) is 10.3. The SMILES string of the molecule is CCC1C2CCC(C1CN(C)CC)C1C[N+](C)(C(C)(C)C)CC21. The van der Waals surface area contributed by atoms with Crippen LogP contribution in [0.15, 0.2) is 0 Å². The van der Waals surface area contributed by atoms with Crippen LogP contribution in [-0.4, -0.2) is 55.2 Å². The van der Waals surface area contributed by atoms with Gasteiger partial charge in [0, 0.05) is 18.4 Å². The van der Waals surface area contributed by atoms with Gasteiger partial charge in [0.1, 0.15) is 0 Å². The van der Waals surface area contributed by atoms with E-state index in [1.807, 2.05) is 0 Å². The van der Waals surface area contributed by atoms with Crippen molar-refractivity contribution in [2.24, 2.45) is 35.5 Å². The van der Waals surface area contributed by atoms with E-state index in [0.717, 1.165) is 35.5 Å². The molecule has 4 fully saturated rings. The van der Waals surface area contributed by atoms with Crippen molar-refractivity contribution in [2.75, 3.05) is 40.3 Å². The zero-order chi connectivity index (χ0) is 17.0. The maximum Gasteiger partial charge on any atom is 0.0905 e. The third-order valence-corrected chi connectivity index (χ3v) is 8.51. The van der Waals surface area contributed by atoms with Crippen LogP contribution in [0.3, 0.4) is 0 Å². The van der Waals surface area contributed by atoms with Crippen LogP contribution in [0, 0.1) is 35.5 Å². The molecule has 0 aromatic rings. The first-order valence-electron chi connectivity index (χ1n) is 10.2. The monoisotopic (exact) mass is 321 g/mol. The lowest BCUT2D eigenvalue weighted by Gasteiger charge is -2.54. The molecule has 1 saturated heterocycles. The molecule has 3 aliphatic carbocycles. The van der Waals surface area contributed by atoms with Crippen molar-refractivity contribution in [2.45, 2.75) is 59.4 Å². The Morgan fingerprint density at radius 1 is 0.913 bits per heavy atom. The molecule has 3 saturated carbocycles. The van der Waals surface area contributed by atoms with Crippen molar-refractivity contribution in [1.29, 1.82) is 0 Å². The highest BCUT2D eigenvalue weighted by atomic mass is 15.4. The molecule has 1 heterocycles. The quantitative estimate of drug-likeness (QED) is 0.704. The molecule has 134 valence electrons. The molecular weight excluding hydrogens is 280 g/mol. The van der Waals surface area contributed by atoms with E-state index in [1.54, 1.807) is 0 Å². The van der Waals surface area contributed by atoms with Crippen LogP contribution in [-0.2, 0) is 0 Å². The van der Waals surface area contributed by atoms with Crippen molar-refractivity contribution >= 4 is 0 Å². The fourth-order valence-electron chi connectivity index (χ4n) is 6.61. The summed E-state index contributed by atoms with van der Waals surface area (Å²) < 4.78 is 1.31. The van der Waals surface area contributed by atoms with Gasteiger partial charge in [-0.3, -0.25) is 0 Å². The van der Waals surface area contributed by atoms with Crippen molar-refractivity contribution in [3.05, 3.63) is 0 Å². The lowest BCUT2D eigenvalue weighted by molar-refractivity contribution is -0.945. The Morgan fingerprint density at radius 3 is 1.87 bits per heavy atom. The second-order valence-electron chi connectivity index (χ2n) is 10.3. The smallest absolute Gasteiger partial charge is 0.0905 e. The summed E-state index contributed by atoms with van der Waals surface area (Å²) in [7, 11) is 4.88. The molecule has 0 N–H and O–H groups in total. The third-order valence-electron chi connectivity index (χ3n) is 8.51. The van der Waals surface area contributed by atoms with E-state index in [1.165, 1.54) is 49.9 Å². The van der Waals surface area contributed by atoms with Gasteiger partial charge < -0.3 is 9.38 Å². The number of rotatable bonds is 4. The van der Waals surface area contributed by atoms with Crippen LogP contribution in [0.25, 0.3) is 0 Å². The van der Waals surface area contributed by atoms with Gasteiger partial charge in [0.25, 0.3) is 0 Å². The van der Waals surface area contributed by atoms with Gasteiger partial charge in [-0.2, -0.15) is 0 Å². The summed E-state index contributed by atoms with van der Waals surface area (Å²) in [4.78, 5) is 2.58. The summed E-state index contributed by atoms with van der Waals surface area (Å²) in [6.45, 7) is 17.6. The lowest BCUT2D eigenvalue weighted by atomic mass is 9.50. The van der Waals surface area contributed by atoms with Gasteiger partial charge in [0.2, 0.25) is 0 Å². The van der Waals surface area contributed by atoms with E-state index in [-0.39, 0.29) is 0 Å². The van der Waals surface area contributed by atoms with Crippen LogP contribution in [0.4, 0.5) is 0 Å². The summed E-state index contributed by atoms with van der Waals surface area (Å²) in [5.74, 6) is 6.02. The maximum atomic E-state index is 2.58. The van der Waals surface area contributed by atoms with Crippen molar-refractivity contribution in [3.8, 4) is 0 Å². The van der Waals surface area contributed by atoms with Crippen LogP contribution in [0.2, 0.25) is 0 Å². The molecule has 2 bridgehead atoms. The van der Waals surface area contributed by atoms with Gasteiger partial charge in [-0.25, -0.2) is 0 Å². The lowest BCUT2D eigenvalue weighted by Crippen LogP contribution is -2.56. The standard InChI is InChI=1S/C21H41N2/c1-8-15-16-10-11-17(18(15)12-22(6)9-2)20-14-23(7,13-19(16)20)21(3,4)5/h15-20H,8-14H2,1-7H3/q+1. The minimum Gasteiger partial charge on any atom is -0.321 e. The number of nitrogens with zero attached hydrogens (tertiary/aromatic N) is 2. The van der Waals surface area contributed by atoms with Gasteiger partial charge in [-0.1, -0.05) is 20.3 Å². The number of hydrogen-bond donors (Lipinski definition) is 0. The predicted octanol–water partition coefficient (Wildman–Crippen LogP) is 4.11. The first-order chi connectivity index (χ1) is 10.7. The van der Waals surface area contributed by atoms with Gasteiger partial charge in [-0.05, 0) is 70.9 Å². The van der Waals surface area contributed by atoms with Crippen molar-refractivity contribution in [3.63, 3.8) is 0 Å². The summed E-state index contributed by atoms with van der Waals surface area (Å²) in [5.41, 5.74) is 0.397. The van der Waals surface area contributed by atoms with Gasteiger partial charge in [-0.15, -0.1) is 0 Å². The molecule has 0 aromatic heterocycles. The average Bonchev–Trinajstić information content (AvgIpc) is 2.87. The molecule has 0 aromatic carbocycles. The molecule has 2 heteroatoms. The zero-order valence-corrected chi connectivity index (χ0v) is 16.8. The Kier molecular flexibility index (Phi) is 4.64. The second kappa shape index (κ2) is 6.02. The first-order valence-corrected chi connectivity index (χ1v) is 10.2. The highest BCUT2D eigenvalue weighted by Crippen LogP contribution is 2.59. The van der Waals surface area contributed by atoms with E-state index in [0.29, 0.717) is 5.54 Å². The minimum atomic E-state index is 0.397. The Labute approximate surface area is 145 Å². The predicted molar refractivity (Wildman–Crippen MR) is 99.3 cm³/mol. The first kappa shape index (κ1) is 17.7. The van der Waals surface area contributed by atoms with Crippen LogP contribution in [0.5, 0.6) is 0 Å². The Bertz CT molecular complexity index is 426. The molecule has 4 aliphatic rings. The molecule has 0 spiro atoms. The van der Waals surface area contributed by atoms with E-state index >= 15 is 0 Å². The van der Waals surface area contributed by atoms with E-state index in [4.69, 9.17) is 0 Å². The fraction of sp³-hybridized carbons (Fsp3) is 1.00. The third kappa shape index (κ3) is 2.78. The maximum absolute atomic E-state index is 2.58. The van der Waals surface area contributed by atoms with E-state index < -0.39 is 0 Å². The minimum absolute atomic E-state index is 0.397. The van der Waals surface area contributed by atoms with Gasteiger partial charge in [0.15, 0.2) is 0 Å². The molecule has 4 rings (SSSR count). The van der Waals surface area contributed by atoms with Gasteiger partial charge >= 0.3 is 0 Å². The largest absolute Gasteiger partial charge is 0.321 e. The fourth-order valence-corrected chi connectivity index (χ4v) is 6.61. The molecule has 0 radical (unpaired) electrons. The summed E-state index contributed by atoms with van der Waals surface area (Å²) in [6.07, 6.45) is 4.46.